The predicted octanol–water partition coefficient (Wildman–Crippen LogP) is 0.299. The second-order valence-electron chi connectivity index (χ2n) is 2.19. The highest BCUT2D eigenvalue weighted by Crippen LogP contribution is 2.10. The van der Waals surface area contributed by atoms with E-state index in [1.807, 2.05) is 0 Å². The minimum absolute atomic E-state index is 0.209. The number of aldehydes is 1. The Morgan fingerprint density at radius 3 is 2.09 bits per heavy atom. The van der Waals surface area contributed by atoms with Gasteiger partial charge in [-0.1, -0.05) is 0 Å². The van der Waals surface area contributed by atoms with E-state index in [1.54, 1.807) is 14.1 Å². The normalized spacial score (nSPS) is 10.1. The minimum atomic E-state index is -0.209. The standard InChI is InChI=1S/C6H7BrN2O2/c1-8-4(3-10)5(7)9(2)6(8)11/h3H,1-2H3. The van der Waals surface area contributed by atoms with Crippen LogP contribution in [0, 0.1) is 0 Å². The lowest BCUT2D eigenvalue weighted by molar-refractivity contribution is 0.111. The zero-order valence-corrected chi connectivity index (χ0v) is 7.75. The van der Waals surface area contributed by atoms with Gasteiger partial charge in [0, 0.05) is 14.1 Å². The highest BCUT2D eigenvalue weighted by atomic mass is 79.9. The van der Waals surface area contributed by atoms with Crippen molar-refractivity contribution in [3.05, 3.63) is 20.8 Å². The zero-order chi connectivity index (χ0) is 8.59. The Morgan fingerprint density at radius 2 is 1.91 bits per heavy atom. The molecule has 1 heterocycles. The van der Waals surface area contributed by atoms with Crippen molar-refractivity contribution in [3.8, 4) is 0 Å². The Morgan fingerprint density at radius 1 is 1.36 bits per heavy atom. The zero-order valence-electron chi connectivity index (χ0n) is 6.17. The fourth-order valence-electron chi connectivity index (χ4n) is 0.850. The number of rotatable bonds is 1. The number of carbonyl (C=O) groups is 1. The smallest absolute Gasteiger partial charge is 0.296 e. The van der Waals surface area contributed by atoms with Crippen molar-refractivity contribution < 1.29 is 4.79 Å². The fraction of sp³-hybridized carbons (Fsp3) is 0.333. The van der Waals surface area contributed by atoms with E-state index in [0.29, 0.717) is 16.6 Å². The first-order valence-corrected chi connectivity index (χ1v) is 3.75. The van der Waals surface area contributed by atoms with E-state index >= 15 is 0 Å². The van der Waals surface area contributed by atoms with Crippen LogP contribution >= 0.6 is 15.9 Å². The first-order chi connectivity index (χ1) is 5.09. The van der Waals surface area contributed by atoms with Gasteiger partial charge < -0.3 is 0 Å². The van der Waals surface area contributed by atoms with Gasteiger partial charge >= 0.3 is 5.69 Å². The van der Waals surface area contributed by atoms with Gasteiger partial charge in [-0.25, -0.2) is 4.79 Å². The van der Waals surface area contributed by atoms with Crippen LogP contribution in [0.25, 0.3) is 0 Å². The predicted molar refractivity (Wildman–Crippen MR) is 43.7 cm³/mol. The molecule has 0 bridgehead atoms. The lowest BCUT2D eigenvalue weighted by Gasteiger charge is -1.88. The van der Waals surface area contributed by atoms with Crippen LogP contribution in [0.1, 0.15) is 10.5 Å². The molecular formula is C6H7BrN2O2. The average Bonchev–Trinajstić information content (AvgIpc) is 2.17. The molecular weight excluding hydrogens is 212 g/mol. The third-order valence-corrected chi connectivity index (χ3v) is 2.49. The van der Waals surface area contributed by atoms with Gasteiger partial charge in [0.2, 0.25) is 0 Å². The number of nitrogens with zero attached hydrogens (tertiary/aromatic N) is 2. The summed E-state index contributed by atoms with van der Waals surface area (Å²) in [6.07, 6.45) is 0.644. The van der Waals surface area contributed by atoms with Crippen molar-refractivity contribution in [2.45, 2.75) is 0 Å². The first-order valence-electron chi connectivity index (χ1n) is 2.96. The van der Waals surface area contributed by atoms with E-state index in [-0.39, 0.29) is 5.69 Å². The second kappa shape index (κ2) is 2.65. The lowest BCUT2D eigenvalue weighted by Crippen LogP contribution is -2.20. The molecule has 0 amide bonds. The summed E-state index contributed by atoms with van der Waals surface area (Å²) in [6.45, 7) is 0. The minimum Gasteiger partial charge on any atom is -0.296 e. The van der Waals surface area contributed by atoms with Gasteiger partial charge in [-0.3, -0.25) is 13.9 Å². The summed E-state index contributed by atoms with van der Waals surface area (Å²) in [6, 6.07) is 0. The van der Waals surface area contributed by atoms with Crippen molar-refractivity contribution in [1.82, 2.24) is 9.13 Å². The second-order valence-corrected chi connectivity index (χ2v) is 2.95. The molecule has 0 aliphatic carbocycles. The maximum Gasteiger partial charge on any atom is 0.329 e. The molecule has 0 radical (unpaired) electrons. The number of hydrogen-bond acceptors (Lipinski definition) is 2. The lowest BCUT2D eigenvalue weighted by atomic mass is 10.5. The highest BCUT2D eigenvalue weighted by molar-refractivity contribution is 9.10. The third-order valence-electron chi connectivity index (χ3n) is 1.55. The molecule has 0 aliphatic heterocycles. The number of hydrogen-bond donors (Lipinski definition) is 0. The van der Waals surface area contributed by atoms with Crippen LogP contribution in [0.15, 0.2) is 9.40 Å². The Hall–Kier alpha value is -0.840. The SMILES string of the molecule is Cn1c(Br)c(C=O)n(C)c1=O. The number of carbonyl (C=O) groups excluding carboxylic acids is 1. The van der Waals surface area contributed by atoms with Gasteiger partial charge in [-0.15, -0.1) is 0 Å². The topological polar surface area (TPSA) is 44.0 Å². The van der Waals surface area contributed by atoms with E-state index in [1.165, 1.54) is 9.13 Å². The van der Waals surface area contributed by atoms with Crippen molar-refractivity contribution in [2.24, 2.45) is 14.1 Å². The maximum absolute atomic E-state index is 11.1. The van der Waals surface area contributed by atoms with Crippen molar-refractivity contribution in [3.63, 3.8) is 0 Å². The van der Waals surface area contributed by atoms with E-state index in [0.717, 1.165) is 0 Å². The van der Waals surface area contributed by atoms with Crippen LogP contribution in [0.4, 0.5) is 0 Å². The maximum atomic E-state index is 11.1. The van der Waals surface area contributed by atoms with E-state index in [9.17, 15) is 9.59 Å². The van der Waals surface area contributed by atoms with E-state index < -0.39 is 0 Å². The summed E-state index contributed by atoms with van der Waals surface area (Å²) in [5, 5.41) is 0. The molecule has 0 saturated carbocycles. The Kier molecular flexibility index (Phi) is 1.99. The molecule has 1 rings (SSSR count). The summed E-state index contributed by atoms with van der Waals surface area (Å²) in [5.74, 6) is 0. The Bertz CT molecular complexity index is 350. The molecule has 0 fully saturated rings. The van der Waals surface area contributed by atoms with Gasteiger partial charge in [0.25, 0.3) is 0 Å². The fourth-order valence-corrected chi connectivity index (χ4v) is 1.36. The number of imidazole rings is 1. The molecule has 0 N–H and O–H groups in total. The highest BCUT2D eigenvalue weighted by Gasteiger charge is 2.10. The van der Waals surface area contributed by atoms with Gasteiger partial charge in [0.05, 0.1) is 0 Å². The molecule has 0 atom stereocenters. The molecule has 11 heavy (non-hydrogen) atoms. The molecule has 0 unspecified atom stereocenters. The molecule has 0 spiro atoms. The van der Waals surface area contributed by atoms with Gasteiger partial charge in [0.15, 0.2) is 6.29 Å². The molecule has 0 aliphatic rings. The van der Waals surface area contributed by atoms with Crippen LogP contribution in [0.2, 0.25) is 0 Å². The van der Waals surface area contributed by atoms with Crippen molar-refractivity contribution in [1.29, 1.82) is 0 Å². The molecule has 1 aromatic rings. The summed E-state index contributed by atoms with van der Waals surface area (Å²) >= 11 is 3.12. The summed E-state index contributed by atoms with van der Waals surface area (Å²) in [4.78, 5) is 21.5. The van der Waals surface area contributed by atoms with Gasteiger partial charge in [-0.2, -0.15) is 0 Å². The molecule has 0 saturated heterocycles. The van der Waals surface area contributed by atoms with Crippen LogP contribution < -0.4 is 5.69 Å². The molecule has 60 valence electrons. The van der Waals surface area contributed by atoms with E-state index in [4.69, 9.17) is 0 Å². The summed E-state index contributed by atoms with van der Waals surface area (Å²) in [5.41, 5.74) is 0.150. The van der Waals surface area contributed by atoms with Crippen molar-refractivity contribution >= 4 is 22.2 Å². The third kappa shape index (κ3) is 1.05. The average molecular weight is 219 g/mol. The largest absolute Gasteiger partial charge is 0.329 e. The van der Waals surface area contributed by atoms with Crippen molar-refractivity contribution in [2.75, 3.05) is 0 Å². The number of aromatic nitrogens is 2. The Balaban J connectivity index is 3.61. The molecule has 0 aromatic carbocycles. The molecule has 1 aromatic heterocycles. The first kappa shape index (κ1) is 8.26. The number of halogens is 1. The molecule has 4 nitrogen and oxygen atoms in total. The summed E-state index contributed by atoms with van der Waals surface area (Å²) < 4.78 is 3.17. The molecule has 5 heteroatoms. The van der Waals surface area contributed by atoms with Crippen LogP contribution in [0.3, 0.4) is 0 Å². The van der Waals surface area contributed by atoms with E-state index in [2.05, 4.69) is 15.9 Å². The summed E-state index contributed by atoms with van der Waals surface area (Å²) in [7, 11) is 3.15. The van der Waals surface area contributed by atoms with Crippen LogP contribution in [-0.4, -0.2) is 15.4 Å². The monoisotopic (exact) mass is 218 g/mol. The van der Waals surface area contributed by atoms with Gasteiger partial charge in [-0.05, 0) is 15.9 Å². The Labute approximate surface area is 71.6 Å². The quantitative estimate of drug-likeness (QED) is 0.637. The van der Waals surface area contributed by atoms with Crippen LogP contribution in [0.5, 0.6) is 0 Å². The van der Waals surface area contributed by atoms with Crippen LogP contribution in [-0.2, 0) is 14.1 Å². The van der Waals surface area contributed by atoms with Gasteiger partial charge in [0.1, 0.15) is 10.3 Å².